The smallest absolute Gasteiger partial charge is 0.307 e. The lowest BCUT2D eigenvalue weighted by molar-refractivity contribution is -0.140. The normalized spacial score (nSPS) is 9.94. The van der Waals surface area contributed by atoms with Gasteiger partial charge in [0.25, 0.3) is 5.91 Å². The van der Waals surface area contributed by atoms with Crippen molar-refractivity contribution >= 4 is 23.5 Å². The number of rotatable bonds is 5. The highest BCUT2D eigenvalue weighted by Gasteiger charge is 2.17. The summed E-state index contributed by atoms with van der Waals surface area (Å²) in [4.78, 5) is 24.5. The third-order valence-corrected chi connectivity index (χ3v) is 2.54. The Bertz CT molecular complexity index is 422. The first-order valence-corrected chi connectivity index (χ1v) is 5.81. The third kappa shape index (κ3) is 3.96. The van der Waals surface area contributed by atoms with E-state index in [2.05, 4.69) is 14.9 Å². The van der Waals surface area contributed by atoms with Crippen molar-refractivity contribution in [2.75, 3.05) is 20.2 Å². The predicted octanol–water partition coefficient (Wildman–Crippen LogP) is 1.16. The molecule has 0 unspecified atom stereocenters. The van der Waals surface area contributed by atoms with Gasteiger partial charge in [-0.25, -0.2) is 0 Å². The van der Waals surface area contributed by atoms with E-state index in [4.69, 9.17) is 11.6 Å². The summed E-state index contributed by atoms with van der Waals surface area (Å²) < 4.78 is 4.52. The summed E-state index contributed by atoms with van der Waals surface area (Å²) in [5.41, 5.74) is 0.200. The van der Waals surface area contributed by atoms with E-state index < -0.39 is 0 Å². The van der Waals surface area contributed by atoms with Gasteiger partial charge in [0.15, 0.2) is 10.8 Å². The van der Waals surface area contributed by atoms with E-state index in [-0.39, 0.29) is 35.7 Å². The SMILES string of the molecule is CCN(CCC(=O)OC)C(=O)c1ccc(Cl)nn1. The second kappa shape index (κ2) is 6.90. The van der Waals surface area contributed by atoms with E-state index in [1.165, 1.54) is 24.1 Å². The first-order valence-electron chi connectivity index (χ1n) is 5.43. The van der Waals surface area contributed by atoms with Gasteiger partial charge in [0.2, 0.25) is 0 Å². The van der Waals surface area contributed by atoms with Crippen LogP contribution in [0.1, 0.15) is 23.8 Å². The quantitative estimate of drug-likeness (QED) is 0.752. The molecular formula is C11H14ClN3O3. The summed E-state index contributed by atoms with van der Waals surface area (Å²) in [6, 6.07) is 2.99. The zero-order valence-corrected chi connectivity index (χ0v) is 11.0. The van der Waals surface area contributed by atoms with Crippen LogP contribution in [0, 0.1) is 0 Å². The van der Waals surface area contributed by atoms with E-state index in [0.717, 1.165) is 0 Å². The molecule has 0 aliphatic carbocycles. The van der Waals surface area contributed by atoms with Crippen molar-refractivity contribution in [1.29, 1.82) is 0 Å². The van der Waals surface area contributed by atoms with Crippen LogP contribution < -0.4 is 0 Å². The summed E-state index contributed by atoms with van der Waals surface area (Å²) in [6.45, 7) is 2.57. The Labute approximate surface area is 110 Å². The molecule has 0 saturated carbocycles. The van der Waals surface area contributed by atoms with Gasteiger partial charge >= 0.3 is 5.97 Å². The highest BCUT2D eigenvalue weighted by molar-refractivity contribution is 6.29. The van der Waals surface area contributed by atoms with Gasteiger partial charge in [-0.05, 0) is 19.1 Å². The Morgan fingerprint density at radius 3 is 2.61 bits per heavy atom. The van der Waals surface area contributed by atoms with E-state index >= 15 is 0 Å². The summed E-state index contributed by atoms with van der Waals surface area (Å²) in [5, 5.41) is 7.54. The van der Waals surface area contributed by atoms with Crippen LogP contribution in [0.5, 0.6) is 0 Å². The molecule has 1 heterocycles. The maximum Gasteiger partial charge on any atom is 0.307 e. The molecule has 0 saturated heterocycles. The summed E-state index contributed by atoms with van der Waals surface area (Å²) >= 11 is 5.59. The van der Waals surface area contributed by atoms with Gasteiger partial charge in [0, 0.05) is 13.1 Å². The Morgan fingerprint density at radius 1 is 1.39 bits per heavy atom. The van der Waals surface area contributed by atoms with Crippen molar-refractivity contribution < 1.29 is 14.3 Å². The molecule has 0 radical (unpaired) electrons. The van der Waals surface area contributed by atoms with Crippen LogP contribution in [-0.4, -0.2) is 47.2 Å². The fourth-order valence-electron chi connectivity index (χ4n) is 1.32. The van der Waals surface area contributed by atoms with Crippen molar-refractivity contribution in [3.63, 3.8) is 0 Å². The zero-order chi connectivity index (χ0) is 13.5. The highest BCUT2D eigenvalue weighted by Crippen LogP contribution is 2.06. The Morgan fingerprint density at radius 2 is 2.11 bits per heavy atom. The minimum atomic E-state index is -0.358. The molecule has 0 N–H and O–H groups in total. The second-order valence-corrected chi connectivity index (χ2v) is 3.84. The topological polar surface area (TPSA) is 72.4 Å². The molecule has 0 aliphatic rings. The number of nitrogens with zero attached hydrogens (tertiary/aromatic N) is 3. The van der Waals surface area contributed by atoms with Crippen molar-refractivity contribution in [2.45, 2.75) is 13.3 Å². The lowest BCUT2D eigenvalue weighted by atomic mass is 10.3. The zero-order valence-electron chi connectivity index (χ0n) is 10.2. The van der Waals surface area contributed by atoms with Crippen LogP contribution in [0.25, 0.3) is 0 Å². The van der Waals surface area contributed by atoms with Gasteiger partial charge < -0.3 is 9.64 Å². The van der Waals surface area contributed by atoms with E-state index in [0.29, 0.717) is 6.54 Å². The first kappa shape index (κ1) is 14.4. The molecule has 1 rings (SSSR count). The molecule has 7 heteroatoms. The third-order valence-electron chi connectivity index (χ3n) is 2.33. The average molecular weight is 272 g/mol. The standard InChI is InChI=1S/C11H14ClN3O3/c1-3-15(7-6-10(16)18-2)11(17)8-4-5-9(12)14-13-8/h4-5H,3,6-7H2,1-2H3. The van der Waals surface area contributed by atoms with Gasteiger partial charge in [-0.15, -0.1) is 10.2 Å². The van der Waals surface area contributed by atoms with E-state index in [1.54, 1.807) is 0 Å². The number of carbonyl (C=O) groups excluding carboxylic acids is 2. The largest absolute Gasteiger partial charge is 0.469 e. The fraction of sp³-hybridized carbons (Fsp3) is 0.455. The second-order valence-electron chi connectivity index (χ2n) is 3.45. The maximum atomic E-state index is 12.0. The van der Waals surface area contributed by atoms with Crippen LogP contribution in [0.2, 0.25) is 5.15 Å². The number of amides is 1. The molecule has 0 aliphatic heterocycles. The molecule has 1 amide bonds. The van der Waals surface area contributed by atoms with E-state index in [9.17, 15) is 9.59 Å². The number of aromatic nitrogens is 2. The number of esters is 1. The van der Waals surface area contributed by atoms with Gasteiger partial charge in [0.1, 0.15) is 0 Å². The van der Waals surface area contributed by atoms with Crippen molar-refractivity contribution in [2.24, 2.45) is 0 Å². The molecular weight excluding hydrogens is 258 g/mol. The lowest BCUT2D eigenvalue weighted by Gasteiger charge is -2.19. The monoisotopic (exact) mass is 271 g/mol. The first-order chi connectivity index (χ1) is 8.58. The number of hydrogen-bond donors (Lipinski definition) is 0. The fourth-order valence-corrected chi connectivity index (χ4v) is 1.42. The van der Waals surface area contributed by atoms with Crippen molar-refractivity contribution in [3.8, 4) is 0 Å². The van der Waals surface area contributed by atoms with Gasteiger partial charge in [-0.2, -0.15) is 0 Å². The molecule has 98 valence electrons. The molecule has 0 atom stereocenters. The predicted molar refractivity (Wildman–Crippen MR) is 65.3 cm³/mol. The minimum absolute atomic E-state index is 0.150. The number of halogens is 1. The Kier molecular flexibility index (Phi) is 5.51. The molecule has 1 aromatic rings. The molecule has 18 heavy (non-hydrogen) atoms. The molecule has 0 bridgehead atoms. The average Bonchev–Trinajstić information content (AvgIpc) is 2.39. The van der Waals surface area contributed by atoms with Crippen LogP contribution in [-0.2, 0) is 9.53 Å². The molecule has 1 aromatic heterocycles. The summed E-state index contributed by atoms with van der Waals surface area (Å²) in [6.07, 6.45) is 0.150. The van der Waals surface area contributed by atoms with Crippen LogP contribution in [0.15, 0.2) is 12.1 Å². The number of ether oxygens (including phenoxy) is 1. The Hall–Kier alpha value is -1.69. The van der Waals surface area contributed by atoms with Gasteiger partial charge in [-0.1, -0.05) is 11.6 Å². The van der Waals surface area contributed by atoms with Crippen LogP contribution in [0.3, 0.4) is 0 Å². The Balaban J connectivity index is 2.67. The lowest BCUT2D eigenvalue weighted by Crippen LogP contribution is -2.33. The van der Waals surface area contributed by atoms with Crippen LogP contribution in [0.4, 0.5) is 0 Å². The van der Waals surface area contributed by atoms with Crippen molar-refractivity contribution in [3.05, 3.63) is 23.0 Å². The molecule has 6 nitrogen and oxygen atoms in total. The number of hydrogen-bond acceptors (Lipinski definition) is 5. The number of carbonyl (C=O) groups is 2. The number of methoxy groups -OCH3 is 1. The summed E-state index contributed by atoms with van der Waals surface area (Å²) in [5.74, 6) is -0.644. The molecule has 0 fully saturated rings. The molecule has 0 spiro atoms. The van der Waals surface area contributed by atoms with Gasteiger partial charge in [0.05, 0.1) is 13.5 Å². The maximum absolute atomic E-state index is 12.0. The van der Waals surface area contributed by atoms with Gasteiger partial charge in [-0.3, -0.25) is 9.59 Å². The minimum Gasteiger partial charge on any atom is -0.469 e. The van der Waals surface area contributed by atoms with Crippen LogP contribution >= 0.6 is 11.6 Å². The molecule has 0 aromatic carbocycles. The van der Waals surface area contributed by atoms with E-state index in [1.807, 2.05) is 6.92 Å². The van der Waals surface area contributed by atoms with Crippen molar-refractivity contribution in [1.82, 2.24) is 15.1 Å². The highest BCUT2D eigenvalue weighted by atomic mass is 35.5. The summed E-state index contributed by atoms with van der Waals surface area (Å²) in [7, 11) is 1.31.